The lowest BCUT2D eigenvalue weighted by atomic mass is 10.1. The lowest BCUT2D eigenvalue weighted by Gasteiger charge is -2.37. The van der Waals surface area contributed by atoms with Crippen molar-refractivity contribution in [2.45, 2.75) is 18.7 Å². The predicted molar refractivity (Wildman–Crippen MR) is 98.7 cm³/mol. The third-order valence-electron chi connectivity index (χ3n) is 5.26. The molecule has 25 heavy (non-hydrogen) atoms. The van der Waals surface area contributed by atoms with Gasteiger partial charge in [-0.15, -0.1) is 0 Å². The van der Waals surface area contributed by atoms with Crippen molar-refractivity contribution in [3.05, 3.63) is 22.7 Å². The van der Waals surface area contributed by atoms with E-state index in [2.05, 4.69) is 21.7 Å². The fraction of sp³-hybridized carbons (Fsp3) is 0.667. The molecule has 0 spiro atoms. The number of ether oxygens (including phenoxy) is 2. The van der Waals surface area contributed by atoms with Crippen LogP contribution in [0.1, 0.15) is 5.56 Å². The quantitative estimate of drug-likeness (QED) is 0.840. The van der Waals surface area contributed by atoms with Crippen LogP contribution in [0.4, 0.5) is 0 Å². The molecule has 0 saturated carbocycles. The van der Waals surface area contributed by atoms with E-state index in [1.165, 1.54) is 0 Å². The number of aliphatic hydroxyl groups excluding tert-OH is 1. The minimum atomic E-state index is -0.324. The van der Waals surface area contributed by atoms with Crippen LogP contribution in [0, 0.1) is 0 Å². The van der Waals surface area contributed by atoms with Gasteiger partial charge >= 0.3 is 0 Å². The zero-order chi connectivity index (χ0) is 18.0. The Kier molecular flexibility index (Phi) is 6.07. The van der Waals surface area contributed by atoms with Gasteiger partial charge in [0.05, 0.1) is 20.3 Å². The third kappa shape index (κ3) is 4.20. The van der Waals surface area contributed by atoms with Crippen LogP contribution in [-0.2, 0) is 6.54 Å². The van der Waals surface area contributed by atoms with Crippen molar-refractivity contribution < 1.29 is 14.6 Å². The van der Waals surface area contributed by atoms with Crippen molar-refractivity contribution in [2.75, 3.05) is 60.5 Å². The smallest absolute Gasteiger partial charge is 0.165 e. The highest BCUT2D eigenvalue weighted by Crippen LogP contribution is 2.35. The normalized spacial score (nSPS) is 26.1. The number of likely N-dealkylation sites (N-methyl/N-ethyl adjacent to an activating group) is 1. The first kappa shape index (κ1) is 18.7. The molecule has 2 fully saturated rings. The van der Waals surface area contributed by atoms with Crippen LogP contribution < -0.4 is 9.47 Å². The van der Waals surface area contributed by atoms with Gasteiger partial charge < -0.3 is 19.5 Å². The van der Waals surface area contributed by atoms with Gasteiger partial charge in [0.1, 0.15) is 0 Å². The molecule has 2 aliphatic heterocycles. The molecule has 2 saturated heterocycles. The number of hydrogen-bond donors (Lipinski definition) is 1. The molecule has 7 heteroatoms. The molecule has 1 aromatic rings. The van der Waals surface area contributed by atoms with E-state index in [9.17, 15) is 5.11 Å². The van der Waals surface area contributed by atoms with E-state index >= 15 is 0 Å². The topological polar surface area (TPSA) is 48.4 Å². The van der Waals surface area contributed by atoms with Crippen molar-refractivity contribution in [2.24, 2.45) is 0 Å². The molecule has 1 aromatic carbocycles. The number of rotatable bonds is 5. The Hall–Kier alpha value is -1.05. The SMILES string of the molecule is COc1cc(Cl)cc(CN2C[C@@H](O)[C@H](N3CCN(C)CC3)C2)c1OC. The Balaban J connectivity index is 1.69. The third-order valence-corrected chi connectivity index (χ3v) is 5.47. The van der Waals surface area contributed by atoms with E-state index in [1.807, 2.05) is 6.07 Å². The number of methoxy groups -OCH3 is 2. The molecule has 3 rings (SSSR count). The standard InChI is InChI=1S/C18H28ClN3O3/c1-20-4-6-22(7-5-20)15-11-21(12-16(15)23)10-13-8-14(19)9-17(24-2)18(13)25-3/h8-9,15-16,23H,4-7,10-12H2,1-3H3/t15-,16-/m1/s1. The molecule has 6 nitrogen and oxygen atoms in total. The average Bonchev–Trinajstić information content (AvgIpc) is 2.95. The summed E-state index contributed by atoms with van der Waals surface area (Å²) in [6.07, 6.45) is -0.324. The number of likely N-dealkylation sites (tertiary alicyclic amines) is 1. The van der Waals surface area contributed by atoms with Gasteiger partial charge in [0.25, 0.3) is 0 Å². The monoisotopic (exact) mass is 369 g/mol. The molecule has 0 radical (unpaired) electrons. The maximum atomic E-state index is 10.6. The molecule has 140 valence electrons. The van der Waals surface area contributed by atoms with Crippen LogP contribution in [0.3, 0.4) is 0 Å². The summed E-state index contributed by atoms with van der Waals surface area (Å²) >= 11 is 6.22. The van der Waals surface area contributed by atoms with Crippen molar-refractivity contribution >= 4 is 11.6 Å². The largest absolute Gasteiger partial charge is 0.493 e. The summed E-state index contributed by atoms with van der Waals surface area (Å²) in [4.78, 5) is 7.01. The molecule has 0 bridgehead atoms. The number of hydrogen-bond acceptors (Lipinski definition) is 6. The number of β-amino-alcohol motifs (C(OH)–C–C–N with tert-alkyl or cyclic N) is 1. The molecule has 0 amide bonds. The fourth-order valence-corrected chi connectivity index (χ4v) is 4.08. The first-order chi connectivity index (χ1) is 12.0. The van der Waals surface area contributed by atoms with Crippen LogP contribution in [0.2, 0.25) is 5.02 Å². The van der Waals surface area contributed by atoms with E-state index in [1.54, 1.807) is 20.3 Å². The lowest BCUT2D eigenvalue weighted by molar-refractivity contribution is 0.0512. The fourth-order valence-electron chi connectivity index (χ4n) is 3.85. The zero-order valence-electron chi connectivity index (χ0n) is 15.2. The second-order valence-electron chi connectivity index (χ2n) is 6.97. The second-order valence-corrected chi connectivity index (χ2v) is 7.40. The lowest BCUT2D eigenvalue weighted by Crippen LogP contribution is -2.52. The Labute approximate surface area is 154 Å². The average molecular weight is 370 g/mol. The van der Waals surface area contributed by atoms with E-state index in [0.29, 0.717) is 29.6 Å². The Bertz CT molecular complexity index is 593. The summed E-state index contributed by atoms with van der Waals surface area (Å²) in [6, 6.07) is 3.87. The number of piperazine rings is 1. The Morgan fingerprint density at radius 2 is 1.84 bits per heavy atom. The first-order valence-corrected chi connectivity index (χ1v) is 9.13. The molecule has 2 aliphatic rings. The van der Waals surface area contributed by atoms with E-state index < -0.39 is 0 Å². The van der Waals surface area contributed by atoms with E-state index in [0.717, 1.165) is 38.3 Å². The van der Waals surface area contributed by atoms with Gasteiger partial charge in [0.15, 0.2) is 11.5 Å². The summed E-state index contributed by atoms with van der Waals surface area (Å²) in [5.74, 6) is 1.35. The second kappa shape index (κ2) is 8.10. The van der Waals surface area contributed by atoms with Crippen molar-refractivity contribution in [3.63, 3.8) is 0 Å². The summed E-state index contributed by atoms with van der Waals surface area (Å²) in [5.41, 5.74) is 0.984. The Morgan fingerprint density at radius 1 is 1.12 bits per heavy atom. The highest BCUT2D eigenvalue weighted by molar-refractivity contribution is 6.30. The van der Waals surface area contributed by atoms with Gasteiger partial charge in [-0.1, -0.05) is 11.6 Å². The minimum absolute atomic E-state index is 0.195. The Morgan fingerprint density at radius 3 is 2.48 bits per heavy atom. The van der Waals surface area contributed by atoms with Crippen LogP contribution in [0.25, 0.3) is 0 Å². The summed E-state index contributed by atoms with van der Waals surface area (Å²) in [6.45, 7) is 6.34. The predicted octanol–water partition coefficient (Wildman–Crippen LogP) is 1.15. The molecule has 1 N–H and O–H groups in total. The number of aliphatic hydroxyl groups is 1. The van der Waals surface area contributed by atoms with Gasteiger partial charge in [-0.05, 0) is 13.1 Å². The summed E-state index contributed by atoms with van der Waals surface area (Å²) in [7, 11) is 5.40. The molecule has 2 heterocycles. The maximum Gasteiger partial charge on any atom is 0.165 e. The summed E-state index contributed by atoms with van der Waals surface area (Å²) in [5, 5.41) is 11.2. The van der Waals surface area contributed by atoms with Crippen molar-refractivity contribution in [1.29, 1.82) is 0 Å². The molecule has 0 aromatic heterocycles. The van der Waals surface area contributed by atoms with E-state index in [-0.39, 0.29) is 12.1 Å². The molecule has 0 unspecified atom stereocenters. The first-order valence-electron chi connectivity index (χ1n) is 8.75. The molecule has 2 atom stereocenters. The van der Waals surface area contributed by atoms with Gasteiger partial charge in [-0.2, -0.15) is 0 Å². The molecule has 0 aliphatic carbocycles. The van der Waals surface area contributed by atoms with Crippen molar-refractivity contribution in [3.8, 4) is 11.5 Å². The highest BCUT2D eigenvalue weighted by atomic mass is 35.5. The number of nitrogens with zero attached hydrogens (tertiary/aromatic N) is 3. The minimum Gasteiger partial charge on any atom is -0.493 e. The molecular formula is C18H28ClN3O3. The van der Waals surface area contributed by atoms with Crippen LogP contribution >= 0.6 is 11.6 Å². The van der Waals surface area contributed by atoms with Gasteiger partial charge in [-0.25, -0.2) is 0 Å². The molecular weight excluding hydrogens is 342 g/mol. The number of halogens is 1. The van der Waals surface area contributed by atoms with Crippen LogP contribution in [0.15, 0.2) is 12.1 Å². The van der Waals surface area contributed by atoms with E-state index in [4.69, 9.17) is 21.1 Å². The summed E-state index contributed by atoms with van der Waals surface area (Å²) < 4.78 is 10.9. The van der Waals surface area contributed by atoms with Gasteiger partial charge in [-0.3, -0.25) is 9.80 Å². The van der Waals surface area contributed by atoms with Crippen molar-refractivity contribution in [1.82, 2.24) is 14.7 Å². The zero-order valence-corrected chi connectivity index (χ0v) is 16.0. The van der Waals surface area contributed by atoms with Gasteiger partial charge in [0.2, 0.25) is 0 Å². The highest BCUT2D eigenvalue weighted by Gasteiger charge is 2.36. The number of benzene rings is 1. The van der Waals surface area contributed by atoms with Crippen LogP contribution in [0.5, 0.6) is 11.5 Å². The van der Waals surface area contributed by atoms with Gasteiger partial charge in [0, 0.05) is 68.5 Å². The maximum absolute atomic E-state index is 10.6. The van der Waals surface area contributed by atoms with Crippen LogP contribution in [-0.4, -0.2) is 92.5 Å².